The van der Waals surface area contributed by atoms with E-state index >= 15 is 0 Å². The van der Waals surface area contributed by atoms with Gasteiger partial charge < -0.3 is 15.0 Å². The quantitative estimate of drug-likeness (QED) is 0.547. The highest BCUT2D eigenvalue weighted by Gasteiger charge is 2.30. The van der Waals surface area contributed by atoms with Gasteiger partial charge in [0.05, 0.1) is 17.3 Å². The highest BCUT2D eigenvalue weighted by molar-refractivity contribution is 5.84. The molecule has 3 aromatic heterocycles. The first-order valence-corrected chi connectivity index (χ1v) is 12.6. The van der Waals surface area contributed by atoms with Crippen LogP contribution in [0.5, 0.6) is 5.88 Å². The zero-order valence-corrected chi connectivity index (χ0v) is 20.4. The number of nitrogens with one attached hydrogen (secondary N) is 1. The molecule has 3 aromatic rings. The molecule has 34 heavy (non-hydrogen) atoms. The van der Waals surface area contributed by atoms with E-state index in [4.69, 9.17) is 9.84 Å². The van der Waals surface area contributed by atoms with Gasteiger partial charge in [-0.05, 0) is 84.1 Å². The van der Waals surface area contributed by atoms with E-state index in [2.05, 4.69) is 44.9 Å². The van der Waals surface area contributed by atoms with Crippen LogP contribution in [0.3, 0.4) is 0 Å². The standard InChI is InChI=1S/C26H35FN6O/c1-4-28-23-15-22-21(16-30-23)25(18-10-13-32(3)14-11-18)31-33(22)19-5-7-20(8-6-19)34-26-24(27)17(2)9-12-29-26/h9,12,15-16,18-20H,4-8,10-11,13-14H2,1-3H3,(H,28,30). The molecule has 4 heterocycles. The summed E-state index contributed by atoms with van der Waals surface area (Å²) in [5, 5.41) is 9.74. The lowest BCUT2D eigenvalue weighted by Crippen LogP contribution is -2.29. The second-order valence-electron chi connectivity index (χ2n) is 9.82. The zero-order chi connectivity index (χ0) is 23.7. The monoisotopic (exact) mass is 466 g/mol. The molecule has 182 valence electrons. The SMILES string of the molecule is CCNc1cc2c(cn1)c(C1CCN(C)CC1)nn2C1CCC(Oc2nccc(C)c2F)CC1. The van der Waals surface area contributed by atoms with Gasteiger partial charge in [0, 0.05) is 36.3 Å². The van der Waals surface area contributed by atoms with Gasteiger partial charge in [-0.1, -0.05) is 0 Å². The van der Waals surface area contributed by atoms with Crippen LogP contribution in [0.1, 0.15) is 68.7 Å². The highest BCUT2D eigenvalue weighted by atomic mass is 19.1. The molecule has 0 atom stereocenters. The lowest BCUT2D eigenvalue weighted by molar-refractivity contribution is 0.120. The normalized spacial score (nSPS) is 22.2. The Labute approximate surface area is 200 Å². The highest BCUT2D eigenvalue weighted by Crippen LogP contribution is 2.37. The molecule has 1 aliphatic carbocycles. The van der Waals surface area contributed by atoms with Crippen molar-refractivity contribution in [2.75, 3.05) is 32.0 Å². The smallest absolute Gasteiger partial charge is 0.250 e. The van der Waals surface area contributed by atoms with E-state index < -0.39 is 0 Å². The minimum absolute atomic E-state index is 0.0192. The third kappa shape index (κ3) is 4.60. The summed E-state index contributed by atoms with van der Waals surface area (Å²) in [7, 11) is 2.19. The van der Waals surface area contributed by atoms with Gasteiger partial charge in [-0.3, -0.25) is 4.68 Å². The van der Waals surface area contributed by atoms with E-state index in [1.165, 1.54) is 11.1 Å². The maximum atomic E-state index is 14.4. The van der Waals surface area contributed by atoms with Crippen molar-refractivity contribution >= 4 is 16.7 Å². The third-order valence-electron chi connectivity index (χ3n) is 7.40. The van der Waals surface area contributed by atoms with Crippen LogP contribution in [-0.4, -0.2) is 57.4 Å². The second-order valence-corrected chi connectivity index (χ2v) is 9.82. The number of halogens is 1. The van der Waals surface area contributed by atoms with Crippen molar-refractivity contribution in [3.63, 3.8) is 0 Å². The van der Waals surface area contributed by atoms with Gasteiger partial charge in [-0.25, -0.2) is 14.4 Å². The predicted molar refractivity (Wildman–Crippen MR) is 132 cm³/mol. The molecule has 1 saturated carbocycles. The Kier molecular flexibility index (Phi) is 6.68. The van der Waals surface area contributed by atoms with Gasteiger partial charge in [-0.2, -0.15) is 5.10 Å². The average Bonchev–Trinajstić information content (AvgIpc) is 3.22. The Morgan fingerprint density at radius 3 is 2.62 bits per heavy atom. The molecule has 0 amide bonds. The minimum Gasteiger partial charge on any atom is -0.472 e. The molecule has 1 aliphatic heterocycles. The van der Waals surface area contributed by atoms with E-state index in [1.807, 2.05) is 6.20 Å². The Bertz CT molecular complexity index is 1130. The van der Waals surface area contributed by atoms with Crippen LogP contribution >= 0.6 is 0 Å². The van der Waals surface area contributed by atoms with Gasteiger partial charge >= 0.3 is 0 Å². The largest absolute Gasteiger partial charge is 0.472 e. The maximum Gasteiger partial charge on any atom is 0.250 e. The third-order valence-corrected chi connectivity index (χ3v) is 7.40. The summed E-state index contributed by atoms with van der Waals surface area (Å²) in [5.74, 6) is 1.14. The van der Waals surface area contributed by atoms with Crippen LogP contribution in [0.4, 0.5) is 10.2 Å². The first-order valence-electron chi connectivity index (χ1n) is 12.6. The molecule has 7 nitrogen and oxygen atoms in total. The predicted octanol–water partition coefficient (Wildman–Crippen LogP) is 5.08. The Morgan fingerprint density at radius 1 is 1.12 bits per heavy atom. The number of fused-ring (bicyclic) bond motifs is 1. The Hall–Kier alpha value is -2.74. The van der Waals surface area contributed by atoms with E-state index in [-0.39, 0.29) is 17.8 Å². The fraction of sp³-hybridized carbons (Fsp3) is 0.577. The lowest BCUT2D eigenvalue weighted by atomic mass is 9.92. The summed E-state index contributed by atoms with van der Waals surface area (Å²) >= 11 is 0. The Balaban J connectivity index is 1.37. The molecule has 0 radical (unpaired) electrons. The fourth-order valence-electron chi connectivity index (χ4n) is 5.36. The summed E-state index contributed by atoms with van der Waals surface area (Å²) in [6.45, 7) is 6.87. The van der Waals surface area contributed by atoms with Crippen molar-refractivity contribution in [1.29, 1.82) is 0 Å². The molecule has 1 N–H and O–H groups in total. The van der Waals surface area contributed by atoms with Crippen molar-refractivity contribution in [2.45, 2.75) is 70.4 Å². The van der Waals surface area contributed by atoms with Crippen molar-refractivity contribution in [1.82, 2.24) is 24.6 Å². The number of aromatic nitrogens is 4. The van der Waals surface area contributed by atoms with Gasteiger partial charge in [-0.15, -0.1) is 0 Å². The van der Waals surface area contributed by atoms with Crippen molar-refractivity contribution in [3.8, 4) is 5.88 Å². The summed E-state index contributed by atoms with van der Waals surface area (Å²) in [6, 6.07) is 4.12. The Morgan fingerprint density at radius 2 is 1.88 bits per heavy atom. The number of rotatable bonds is 6. The molecular formula is C26H35FN6O. The van der Waals surface area contributed by atoms with Crippen LogP contribution < -0.4 is 10.1 Å². The zero-order valence-electron chi connectivity index (χ0n) is 20.4. The molecule has 2 fully saturated rings. The van der Waals surface area contributed by atoms with Crippen LogP contribution in [0, 0.1) is 12.7 Å². The van der Waals surface area contributed by atoms with Crippen molar-refractivity contribution in [2.24, 2.45) is 0 Å². The number of nitrogens with zero attached hydrogens (tertiary/aromatic N) is 5. The second kappa shape index (κ2) is 9.86. The lowest BCUT2D eigenvalue weighted by Gasteiger charge is -2.30. The average molecular weight is 467 g/mol. The number of hydrogen-bond donors (Lipinski definition) is 1. The summed E-state index contributed by atoms with van der Waals surface area (Å²) in [4.78, 5) is 11.2. The van der Waals surface area contributed by atoms with E-state index in [9.17, 15) is 4.39 Å². The molecule has 5 rings (SSSR count). The maximum absolute atomic E-state index is 14.4. The van der Waals surface area contributed by atoms with Crippen molar-refractivity contribution < 1.29 is 9.13 Å². The molecular weight excluding hydrogens is 431 g/mol. The summed E-state index contributed by atoms with van der Waals surface area (Å²) in [5.41, 5.74) is 2.92. The number of aryl methyl sites for hydroxylation is 1. The first-order chi connectivity index (χ1) is 16.5. The summed E-state index contributed by atoms with van der Waals surface area (Å²) in [6.07, 6.45) is 9.46. The minimum atomic E-state index is -0.353. The molecule has 2 aliphatic rings. The van der Waals surface area contributed by atoms with Crippen molar-refractivity contribution in [3.05, 3.63) is 41.6 Å². The number of ether oxygens (including phenoxy) is 1. The van der Waals surface area contributed by atoms with E-state index in [0.717, 1.165) is 69.5 Å². The van der Waals surface area contributed by atoms with Crippen LogP contribution in [0.15, 0.2) is 24.5 Å². The van der Waals surface area contributed by atoms with Gasteiger partial charge in [0.1, 0.15) is 11.9 Å². The number of anilines is 1. The molecule has 0 aromatic carbocycles. The van der Waals surface area contributed by atoms with Crippen LogP contribution in [0.2, 0.25) is 0 Å². The van der Waals surface area contributed by atoms with Gasteiger partial charge in [0.25, 0.3) is 5.88 Å². The molecule has 0 spiro atoms. The fourth-order valence-corrected chi connectivity index (χ4v) is 5.36. The molecule has 0 unspecified atom stereocenters. The molecule has 0 bridgehead atoms. The van der Waals surface area contributed by atoms with Crippen LogP contribution in [0.25, 0.3) is 10.9 Å². The topological polar surface area (TPSA) is 68.1 Å². The number of likely N-dealkylation sites (tertiary alicyclic amines) is 1. The molecule has 1 saturated heterocycles. The van der Waals surface area contributed by atoms with Crippen LogP contribution in [-0.2, 0) is 0 Å². The molecule has 8 heteroatoms. The summed E-state index contributed by atoms with van der Waals surface area (Å²) < 4.78 is 22.6. The first kappa shape index (κ1) is 23.0. The van der Waals surface area contributed by atoms with Gasteiger partial charge in [0.15, 0.2) is 5.82 Å². The van der Waals surface area contributed by atoms with Gasteiger partial charge in [0.2, 0.25) is 0 Å². The van der Waals surface area contributed by atoms with E-state index in [0.29, 0.717) is 17.5 Å². The number of pyridine rings is 2. The van der Waals surface area contributed by atoms with E-state index in [1.54, 1.807) is 19.2 Å². The number of piperidine rings is 1. The number of hydrogen-bond acceptors (Lipinski definition) is 6.